The Morgan fingerprint density at radius 3 is 2.75 bits per heavy atom. The highest BCUT2D eigenvalue weighted by molar-refractivity contribution is 6.31. The fourth-order valence-corrected chi connectivity index (χ4v) is 2.00. The minimum Gasteiger partial charge on any atom is -0.296 e. The van der Waals surface area contributed by atoms with E-state index in [1.54, 1.807) is 22.8 Å². The van der Waals surface area contributed by atoms with Crippen molar-refractivity contribution in [2.45, 2.75) is 26.8 Å². The summed E-state index contributed by atoms with van der Waals surface area (Å²) in [7, 11) is 0. The van der Waals surface area contributed by atoms with Crippen molar-refractivity contribution in [2.24, 2.45) is 0 Å². The van der Waals surface area contributed by atoms with E-state index in [9.17, 15) is 4.79 Å². The van der Waals surface area contributed by atoms with Crippen molar-refractivity contribution in [3.05, 3.63) is 39.4 Å². The van der Waals surface area contributed by atoms with Gasteiger partial charge in [0.2, 0.25) is 0 Å². The van der Waals surface area contributed by atoms with E-state index in [-0.39, 0.29) is 5.56 Å². The SMILES string of the molecule is CCc1nc2cc(Cl)ccc2c(=O)n1CC. The van der Waals surface area contributed by atoms with E-state index in [1.165, 1.54) is 0 Å². The number of aryl methyl sites for hydroxylation is 1. The molecule has 1 heterocycles. The summed E-state index contributed by atoms with van der Waals surface area (Å²) in [6.07, 6.45) is 0.742. The Hall–Kier alpha value is -1.35. The van der Waals surface area contributed by atoms with Crippen LogP contribution in [-0.4, -0.2) is 9.55 Å². The van der Waals surface area contributed by atoms with Crippen LogP contribution in [0.4, 0.5) is 0 Å². The van der Waals surface area contributed by atoms with Crippen molar-refractivity contribution in [3.63, 3.8) is 0 Å². The van der Waals surface area contributed by atoms with Gasteiger partial charge in [0.15, 0.2) is 0 Å². The number of hydrogen-bond donors (Lipinski definition) is 0. The first-order valence-electron chi connectivity index (χ1n) is 5.36. The van der Waals surface area contributed by atoms with Gasteiger partial charge in [-0.3, -0.25) is 9.36 Å². The molecule has 4 heteroatoms. The molecule has 0 amide bonds. The van der Waals surface area contributed by atoms with E-state index in [0.29, 0.717) is 22.5 Å². The third kappa shape index (κ3) is 1.71. The molecule has 1 aromatic carbocycles. The van der Waals surface area contributed by atoms with Gasteiger partial charge in [-0.25, -0.2) is 4.98 Å². The van der Waals surface area contributed by atoms with Crippen molar-refractivity contribution >= 4 is 22.5 Å². The maximum atomic E-state index is 12.1. The Kier molecular flexibility index (Phi) is 2.97. The minimum atomic E-state index is 0.0148. The molecular formula is C12H13ClN2O. The molecule has 1 aromatic heterocycles. The van der Waals surface area contributed by atoms with Gasteiger partial charge in [-0.2, -0.15) is 0 Å². The average molecular weight is 237 g/mol. The molecule has 84 valence electrons. The van der Waals surface area contributed by atoms with Gasteiger partial charge in [0.25, 0.3) is 5.56 Å². The summed E-state index contributed by atoms with van der Waals surface area (Å²) in [5.41, 5.74) is 0.695. The molecular weight excluding hydrogens is 224 g/mol. The molecule has 0 N–H and O–H groups in total. The zero-order chi connectivity index (χ0) is 11.7. The molecule has 0 spiro atoms. The molecule has 0 saturated carbocycles. The molecule has 0 unspecified atom stereocenters. The molecule has 2 aromatic rings. The fourth-order valence-electron chi connectivity index (χ4n) is 1.84. The summed E-state index contributed by atoms with van der Waals surface area (Å²) < 4.78 is 1.70. The monoisotopic (exact) mass is 236 g/mol. The van der Waals surface area contributed by atoms with E-state index in [2.05, 4.69) is 4.98 Å². The number of nitrogens with zero attached hydrogens (tertiary/aromatic N) is 2. The van der Waals surface area contributed by atoms with Crippen molar-refractivity contribution < 1.29 is 0 Å². The average Bonchev–Trinajstić information content (AvgIpc) is 2.28. The van der Waals surface area contributed by atoms with E-state index in [1.807, 2.05) is 13.8 Å². The molecule has 0 aliphatic carbocycles. The molecule has 0 aliphatic rings. The molecule has 0 saturated heterocycles. The highest BCUT2D eigenvalue weighted by atomic mass is 35.5. The predicted octanol–water partition coefficient (Wildman–Crippen LogP) is 2.63. The second-order valence-electron chi connectivity index (χ2n) is 3.59. The second-order valence-corrected chi connectivity index (χ2v) is 4.03. The summed E-state index contributed by atoms with van der Waals surface area (Å²) >= 11 is 5.89. The second kappa shape index (κ2) is 4.26. The van der Waals surface area contributed by atoms with Crippen LogP contribution in [0.5, 0.6) is 0 Å². The summed E-state index contributed by atoms with van der Waals surface area (Å²) in [6.45, 7) is 4.59. The Morgan fingerprint density at radius 2 is 2.12 bits per heavy atom. The smallest absolute Gasteiger partial charge is 0.261 e. The summed E-state index contributed by atoms with van der Waals surface area (Å²) in [5, 5.41) is 1.24. The van der Waals surface area contributed by atoms with Crippen LogP contribution in [0.25, 0.3) is 10.9 Å². The van der Waals surface area contributed by atoms with Crippen molar-refractivity contribution in [3.8, 4) is 0 Å². The number of fused-ring (bicyclic) bond motifs is 1. The topological polar surface area (TPSA) is 34.9 Å². The largest absolute Gasteiger partial charge is 0.296 e. The first kappa shape index (κ1) is 11.1. The van der Waals surface area contributed by atoms with Gasteiger partial charge in [0.05, 0.1) is 10.9 Å². The maximum absolute atomic E-state index is 12.1. The van der Waals surface area contributed by atoms with Crippen LogP contribution in [0.15, 0.2) is 23.0 Å². The lowest BCUT2D eigenvalue weighted by Gasteiger charge is -2.09. The van der Waals surface area contributed by atoms with E-state index >= 15 is 0 Å². The number of benzene rings is 1. The zero-order valence-corrected chi connectivity index (χ0v) is 10.1. The number of hydrogen-bond acceptors (Lipinski definition) is 2. The lowest BCUT2D eigenvalue weighted by molar-refractivity contribution is 0.663. The van der Waals surface area contributed by atoms with Crippen LogP contribution in [0.3, 0.4) is 0 Å². The van der Waals surface area contributed by atoms with Gasteiger partial charge >= 0.3 is 0 Å². The van der Waals surface area contributed by atoms with Crippen molar-refractivity contribution in [1.82, 2.24) is 9.55 Å². The molecule has 0 bridgehead atoms. The fraction of sp³-hybridized carbons (Fsp3) is 0.333. The van der Waals surface area contributed by atoms with Crippen molar-refractivity contribution in [2.75, 3.05) is 0 Å². The number of halogens is 1. The third-order valence-electron chi connectivity index (χ3n) is 2.63. The van der Waals surface area contributed by atoms with Crippen LogP contribution in [0, 0.1) is 0 Å². The summed E-state index contributed by atoms with van der Waals surface area (Å²) in [6, 6.07) is 5.19. The Morgan fingerprint density at radius 1 is 1.38 bits per heavy atom. The summed E-state index contributed by atoms with van der Waals surface area (Å²) in [5.74, 6) is 0.808. The third-order valence-corrected chi connectivity index (χ3v) is 2.86. The standard InChI is InChI=1S/C12H13ClN2O/c1-3-11-14-10-7-8(13)5-6-9(10)12(16)15(11)4-2/h5-7H,3-4H2,1-2H3. The lowest BCUT2D eigenvalue weighted by atomic mass is 10.2. The van der Waals surface area contributed by atoms with Gasteiger partial charge in [-0.15, -0.1) is 0 Å². The number of aromatic nitrogens is 2. The summed E-state index contributed by atoms with van der Waals surface area (Å²) in [4.78, 5) is 16.6. The highest BCUT2D eigenvalue weighted by Crippen LogP contribution is 2.15. The normalized spacial score (nSPS) is 10.9. The molecule has 0 atom stereocenters. The first-order chi connectivity index (χ1) is 7.67. The lowest BCUT2D eigenvalue weighted by Crippen LogP contribution is -2.24. The Balaban J connectivity index is 2.87. The van der Waals surface area contributed by atoms with E-state index < -0.39 is 0 Å². The minimum absolute atomic E-state index is 0.0148. The van der Waals surface area contributed by atoms with Crippen LogP contribution in [0.1, 0.15) is 19.7 Å². The molecule has 0 radical (unpaired) electrons. The predicted molar refractivity (Wildman–Crippen MR) is 66.1 cm³/mol. The van der Waals surface area contributed by atoms with Crippen molar-refractivity contribution in [1.29, 1.82) is 0 Å². The quantitative estimate of drug-likeness (QED) is 0.804. The van der Waals surface area contributed by atoms with Crippen LogP contribution >= 0.6 is 11.6 Å². The molecule has 0 fully saturated rings. The maximum Gasteiger partial charge on any atom is 0.261 e. The zero-order valence-electron chi connectivity index (χ0n) is 9.33. The van der Waals surface area contributed by atoms with Crippen LogP contribution in [0.2, 0.25) is 5.02 Å². The first-order valence-corrected chi connectivity index (χ1v) is 5.74. The van der Waals surface area contributed by atoms with E-state index in [4.69, 9.17) is 11.6 Å². The number of rotatable bonds is 2. The van der Waals surface area contributed by atoms with Gasteiger partial charge in [0, 0.05) is 18.0 Å². The van der Waals surface area contributed by atoms with Crippen LogP contribution < -0.4 is 5.56 Å². The molecule has 3 nitrogen and oxygen atoms in total. The molecule has 2 rings (SSSR count). The van der Waals surface area contributed by atoms with Gasteiger partial charge in [0.1, 0.15) is 5.82 Å². The van der Waals surface area contributed by atoms with Gasteiger partial charge < -0.3 is 0 Å². The van der Waals surface area contributed by atoms with Gasteiger partial charge in [-0.1, -0.05) is 18.5 Å². The Labute approximate surface area is 98.7 Å². The Bertz CT molecular complexity index is 589. The van der Waals surface area contributed by atoms with Gasteiger partial charge in [-0.05, 0) is 25.1 Å². The molecule has 0 aliphatic heterocycles. The van der Waals surface area contributed by atoms with E-state index in [0.717, 1.165) is 12.2 Å². The highest BCUT2D eigenvalue weighted by Gasteiger charge is 2.08. The molecule has 16 heavy (non-hydrogen) atoms. The van der Waals surface area contributed by atoms with Crippen LogP contribution in [-0.2, 0) is 13.0 Å².